The number of rotatable bonds is 5. The fraction of sp³-hybridized carbons (Fsp3) is 0.619. The molecule has 1 fully saturated rings. The topological polar surface area (TPSA) is 75.4 Å². The Labute approximate surface area is 171 Å². The van der Waals surface area contributed by atoms with Crippen LogP contribution in [0.15, 0.2) is 35.4 Å². The van der Waals surface area contributed by atoms with Gasteiger partial charge in [-0.1, -0.05) is 13.8 Å². The van der Waals surface area contributed by atoms with Gasteiger partial charge >= 0.3 is 6.18 Å². The van der Waals surface area contributed by atoms with Gasteiger partial charge in [0, 0.05) is 18.5 Å². The summed E-state index contributed by atoms with van der Waals surface area (Å²) in [5.74, 6) is -0.720. The van der Waals surface area contributed by atoms with E-state index in [9.17, 15) is 32.6 Å². The number of aromatic nitrogens is 2. The van der Waals surface area contributed by atoms with Crippen LogP contribution in [0.1, 0.15) is 39.5 Å². The molecule has 30 heavy (non-hydrogen) atoms. The predicted octanol–water partition coefficient (Wildman–Crippen LogP) is 3.61. The average molecular weight is 430 g/mol. The van der Waals surface area contributed by atoms with Crippen LogP contribution in [0, 0.1) is 11.3 Å². The number of hydrogen-bond acceptors (Lipinski definition) is 4. The Kier molecular flexibility index (Phi) is 5.99. The maximum atomic E-state index is 14.1. The molecule has 0 aliphatic heterocycles. The number of aliphatic hydroxyl groups excluding tert-OH is 1. The molecule has 4 atom stereocenters. The highest BCUT2D eigenvalue weighted by Gasteiger charge is 2.57. The number of nitrogens with zero attached hydrogens (tertiary/aromatic N) is 2. The van der Waals surface area contributed by atoms with Crippen molar-refractivity contribution in [2.24, 2.45) is 11.3 Å². The lowest BCUT2D eigenvalue weighted by molar-refractivity contribution is -0.278. The van der Waals surface area contributed by atoms with Gasteiger partial charge in [-0.25, -0.2) is 4.39 Å². The van der Waals surface area contributed by atoms with Crippen molar-refractivity contribution in [3.05, 3.63) is 40.8 Å². The average Bonchev–Trinajstić information content (AvgIpc) is 2.65. The molecule has 4 unspecified atom stereocenters. The molecule has 2 aromatic heterocycles. The van der Waals surface area contributed by atoms with E-state index in [0.29, 0.717) is 0 Å². The van der Waals surface area contributed by atoms with Crippen molar-refractivity contribution in [2.45, 2.75) is 70.1 Å². The summed E-state index contributed by atoms with van der Waals surface area (Å²) in [7, 11) is 0. The summed E-state index contributed by atoms with van der Waals surface area (Å²) in [6.07, 6.45) is -4.97. The van der Waals surface area contributed by atoms with Gasteiger partial charge in [0.05, 0.1) is 18.2 Å². The minimum atomic E-state index is -4.99. The molecule has 0 saturated heterocycles. The third-order valence-electron chi connectivity index (χ3n) is 6.20. The molecule has 2 N–H and O–H groups in total. The van der Waals surface area contributed by atoms with Crippen LogP contribution < -0.4 is 5.43 Å². The minimum absolute atomic E-state index is 0.00626. The fourth-order valence-corrected chi connectivity index (χ4v) is 4.63. The molecular formula is C21H26F4N2O3. The maximum Gasteiger partial charge on any atom is 0.418 e. The maximum absolute atomic E-state index is 14.1. The second-order valence-electron chi connectivity index (χ2n) is 8.96. The number of alkyl halides is 4. The normalized spacial score (nSPS) is 25.3. The van der Waals surface area contributed by atoms with Crippen LogP contribution in [0.4, 0.5) is 17.6 Å². The highest BCUT2D eigenvalue weighted by atomic mass is 19.4. The van der Waals surface area contributed by atoms with Gasteiger partial charge in [0.25, 0.3) is 0 Å². The zero-order valence-electron chi connectivity index (χ0n) is 16.9. The first-order chi connectivity index (χ1) is 13.8. The third-order valence-corrected chi connectivity index (χ3v) is 6.20. The Morgan fingerprint density at radius 2 is 1.93 bits per heavy atom. The molecule has 0 aromatic carbocycles. The van der Waals surface area contributed by atoms with Crippen molar-refractivity contribution < 1.29 is 27.8 Å². The molecule has 0 amide bonds. The second kappa shape index (κ2) is 7.92. The van der Waals surface area contributed by atoms with Gasteiger partial charge in [0.2, 0.25) is 5.43 Å². The van der Waals surface area contributed by atoms with Gasteiger partial charge in [-0.05, 0) is 49.1 Å². The summed E-state index contributed by atoms with van der Waals surface area (Å²) < 4.78 is 57.3. The van der Waals surface area contributed by atoms with Gasteiger partial charge in [0.15, 0.2) is 5.60 Å². The Hall–Kier alpha value is -2.00. The van der Waals surface area contributed by atoms with Crippen LogP contribution in [0.3, 0.4) is 0 Å². The van der Waals surface area contributed by atoms with Crippen LogP contribution in [-0.4, -0.2) is 43.8 Å². The summed E-state index contributed by atoms with van der Waals surface area (Å²) in [6, 6.07) is 4.06. The van der Waals surface area contributed by atoms with E-state index in [1.165, 1.54) is 38.4 Å². The van der Waals surface area contributed by atoms with E-state index < -0.39 is 53.8 Å². The van der Waals surface area contributed by atoms with E-state index in [0.717, 1.165) is 10.6 Å². The molecule has 2 aromatic rings. The van der Waals surface area contributed by atoms with E-state index in [1.54, 1.807) is 0 Å². The van der Waals surface area contributed by atoms with E-state index >= 15 is 0 Å². The monoisotopic (exact) mass is 430 g/mol. The largest absolute Gasteiger partial charge is 0.418 e. The summed E-state index contributed by atoms with van der Waals surface area (Å²) in [5, 5.41) is 21.1. The van der Waals surface area contributed by atoms with Gasteiger partial charge in [-0.3, -0.25) is 9.78 Å². The first-order valence-corrected chi connectivity index (χ1v) is 9.89. The quantitative estimate of drug-likeness (QED) is 0.711. The number of hydrogen-bond donors (Lipinski definition) is 2. The molecule has 1 saturated carbocycles. The lowest BCUT2D eigenvalue weighted by atomic mass is 9.64. The lowest BCUT2D eigenvalue weighted by Gasteiger charge is -2.45. The standard InChI is InChI=1S/C21H26F4N2O3/c1-19(2,14-10-13(22)5-6-16(14)28)11-20(30,21(23,24)25)12-27-9-7-17(29)18-15(27)4-3-8-26-18/h3-4,7-9,13-14,16,28,30H,5-6,10-12H2,1-2H3. The third kappa shape index (κ3) is 4.37. The van der Waals surface area contributed by atoms with E-state index in [2.05, 4.69) is 4.98 Å². The Morgan fingerprint density at radius 1 is 1.23 bits per heavy atom. The molecule has 9 heteroatoms. The van der Waals surface area contributed by atoms with Crippen molar-refractivity contribution in [3.63, 3.8) is 0 Å². The highest BCUT2D eigenvalue weighted by Crippen LogP contribution is 2.48. The molecule has 0 bridgehead atoms. The fourth-order valence-electron chi connectivity index (χ4n) is 4.63. The molecule has 0 radical (unpaired) electrons. The van der Waals surface area contributed by atoms with Crippen LogP contribution in [-0.2, 0) is 6.54 Å². The van der Waals surface area contributed by atoms with Crippen molar-refractivity contribution in [2.75, 3.05) is 0 Å². The molecule has 1 aliphatic rings. The Morgan fingerprint density at radius 3 is 2.60 bits per heavy atom. The zero-order chi connectivity index (χ0) is 22.3. The summed E-state index contributed by atoms with van der Waals surface area (Å²) in [4.78, 5) is 15.9. The number of aliphatic hydroxyl groups is 2. The minimum Gasteiger partial charge on any atom is -0.393 e. The summed E-state index contributed by atoms with van der Waals surface area (Å²) in [5.41, 5.74) is -4.60. The molecule has 3 rings (SSSR count). The molecule has 0 spiro atoms. The van der Waals surface area contributed by atoms with Gasteiger partial charge in [-0.2, -0.15) is 13.2 Å². The van der Waals surface area contributed by atoms with Crippen LogP contribution in [0.5, 0.6) is 0 Å². The molecule has 5 nitrogen and oxygen atoms in total. The molecule has 166 valence electrons. The number of pyridine rings is 2. The molecule has 2 heterocycles. The lowest BCUT2D eigenvalue weighted by Crippen LogP contribution is -2.54. The smallest absolute Gasteiger partial charge is 0.393 e. The second-order valence-corrected chi connectivity index (χ2v) is 8.96. The highest BCUT2D eigenvalue weighted by molar-refractivity contribution is 5.73. The molecule has 1 aliphatic carbocycles. The Bertz CT molecular complexity index is 959. The Balaban J connectivity index is 1.98. The van der Waals surface area contributed by atoms with Gasteiger partial charge in [-0.15, -0.1) is 0 Å². The van der Waals surface area contributed by atoms with Crippen molar-refractivity contribution >= 4 is 11.0 Å². The van der Waals surface area contributed by atoms with E-state index in [1.807, 2.05) is 0 Å². The van der Waals surface area contributed by atoms with Crippen LogP contribution in [0.25, 0.3) is 11.0 Å². The SMILES string of the molecule is CC(C)(CC(O)(Cn1ccc(=O)c2ncccc21)C(F)(F)F)C1CC(F)CCC1O. The number of halogens is 4. The van der Waals surface area contributed by atoms with Crippen LogP contribution in [0.2, 0.25) is 0 Å². The first-order valence-electron chi connectivity index (χ1n) is 9.89. The first kappa shape index (κ1) is 22.7. The molecular weight excluding hydrogens is 404 g/mol. The van der Waals surface area contributed by atoms with Crippen molar-refractivity contribution in [1.82, 2.24) is 9.55 Å². The predicted molar refractivity (Wildman–Crippen MR) is 104 cm³/mol. The van der Waals surface area contributed by atoms with Crippen LogP contribution >= 0.6 is 0 Å². The van der Waals surface area contributed by atoms with Crippen molar-refractivity contribution in [1.29, 1.82) is 0 Å². The number of fused-ring (bicyclic) bond motifs is 1. The van der Waals surface area contributed by atoms with E-state index in [-0.39, 0.29) is 30.3 Å². The van der Waals surface area contributed by atoms with Gasteiger partial charge in [0.1, 0.15) is 11.7 Å². The van der Waals surface area contributed by atoms with E-state index in [4.69, 9.17) is 0 Å². The zero-order valence-corrected chi connectivity index (χ0v) is 16.9. The van der Waals surface area contributed by atoms with Gasteiger partial charge < -0.3 is 14.8 Å². The summed E-state index contributed by atoms with van der Waals surface area (Å²) in [6.45, 7) is 2.17. The summed E-state index contributed by atoms with van der Waals surface area (Å²) >= 11 is 0. The van der Waals surface area contributed by atoms with Crippen molar-refractivity contribution in [3.8, 4) is 0 Å².